The number of Topliss-reactive ketones (excluding diaryl/α,β-unsaturated/α-hetero) is 1. The minimum atomic E-state index is -0.625. The first-order valence-electron chi connectivity index (χ1n) is 15.3. The molecule has 36 heavy (non-hydrogen) atoms. The highest BCUT2D eigenvalue weighted by Crippen LogP contribution is 2.75. The Hall–Kier alpha value is -0.410. The average Bonchev–Trinajstić information content (AvgIpc) is 2.79. The largest absolute Gasteiger partial charge is 0.393 e. The molecule has 0 bridgehead atoms. The van der Waals surface area contributed by atoms with Crippen molar-refractivity contribution in [1.82, 2.24) is 0 Å². The molecule has 15 atom stereocenters. The lowest BCUT2D eigenvalue weighted by molar-refractivity contribution is -0.278. The van der Waals surface area contributed by atoms with Crippen LogP contribution in [0.5, 0.6) is 0 Å². The SMILES string of the molecule is CCC(C)(C)C1CCC2C(C1C)C(O)C1C(C)C3(C)C(=O)C(C(C)O)C(C)CC3(C)C(C)C1(C)C2C. The van der Waals surface area contributed by atoms with Gasteiger partial charge in [-0.1, -0.05) is 82.6 Å². The molecule has 0 saturated heterocycles. The van der Waals surface area contributed by atoms with Crippen molar-refractivity contribution in [1.29, 1.82) is 0 Å². The summed E-state index contributed by atoms with van der Waals surface area (Å²) in [6.45, 7) is 27.9. The van der Waals surface area contributed by atoms with Gasteiger partial charge < -0.3 is 10.2 Å². The topological polar surface area (TPSA) is 57.5 Å². The lowest BCUT2D eigenvalue weighted by Gasteiger charge is -2.74. The van der Waals surface area contributed by atoms with Gasteiger partial charge in [0.15, 0.2) is 0 Å². The fraction of sp³-hybridized carbons (Fsp3) is 0.970. The number of carbonyl (C=O) groups is 1. The van der Waals surface area contributed by atoms with Crippen LogP contribution < -0.4 is 0 Å². The molecule has 0 amide bonds. The van der Waals surface area contributed by atoms with Gasteiger partial charge in [0.25, 0.3) is 0 Å². The van der Waals surface area contributed by atoms with E-state index in [-0.39, 0.29) is 51.8 Å². The Balaban J connectivity index is 1.83. The first kappa shape index (κ1) is 28.6. The lowest BCUT2D eigenvalue weighted by Crippen LogP contribution is -2.74. The number of carbonyl (C=O) groups excluding carboxylic acids is 1. The van der Waals surface area contributed by atoms with Crippen molar-refractivity contribution < 1.29 is 15.0 Å². The zero-order chi connectivity index (χ0) is 27.3. The summed E-state index contributed by atoms with van der Waals surface area (Å²) in [6, 6.07) is 0. The molecule has 0 aromatic carbocycles. The van der Waals surface area contributed by atoms with Gasteiger partial charge in [0.2, 0.25) is 0 Å². The molecule has 0 spiro atoms. The van der Waals surface area contributed by atoms with E-state index in [1.807, 2.05) is 0 Å². The Labute approximate surface area is 222 Å². The van der Waals surface area contributed by atoms with Gasteiger partial charge in [0.1, 0.15) is 5.78 Å². The second kappa shape index (κ2) is 8.80. The molecule has 15 unspecified atom stereocenters. The Morgan fingerprint density at radius 1 is 1.03 bits per heavy atom. The third-order valence-electron chi connectivity index (χ3n) is 14.8. The van der Waals surface area contributed by atoms with Crippen molar-refractivity contribution in [3.8, 4) is 0 Å². The number of aliphatic hydroxyl groups excluding tert-OH is 2. The fourth-order valence-corrected chi connectivity index (χ4v) is 11.9. The van der Waals surface area contributed by atoms with Gasteiger partial charge in [-0.25, -0.2) is 0 Å². The van der Waals surface area contributed by atoms with Gasteiger partial charge in [0, 0.05) is 11.3 Å². The summed E-state index contributed by atoms with van der Waals surface area (Å²) in [5.41, 5.74) is -0.422. The molecule has 4 saturated carbocycles. The summed E-state index contributed by atoms with van der Waals surface area (Å²) in [5.74, 6) is 3.09. The third kappa shape index (κ3) is 3.32. The van der Waals surface area contributed by atoms with Crippen molar-refractivity contribution in [2.24, 2.45) is 80.8 Å². The number of hydrogen-bond acceptors (Lipinski definition) is 3. The number of fused-ring (bicyclic) bond motifs is 3. The first-order chi connectivity index (χ1) is 16.4. The molecule has 0 aromatic rings. The van der Waals surface area contributed by atoms with E-state index in [1.165, 1.54) is 19.3 Å². The van der Waals surface area contributed by atoms with E-state index in [1.54, 1.807) is 6.92 Å². The molecule has 3 heteroatoms. The summed E-state index contributed by atoms with van der Waals surface area (Å²) in [6.07, 6.45) is 3.63. The molecule has 4 fully saturated rings. The van der Waals surface area contributed by atoms with Crippen molar-refractivity contribution >= 4 is 5.78 Å². The molecule has 3 nitrogen and oxygen atoms in total. The van der Waals surface area contributed by atoms with E-state index in [0.717, 1.165) is 6.42 Å². The molecular weight excluding hydrogens is 444 g/mol. The minimum Gasteiger partial charge on any atom is -0.393 e. The second-order valence-corrected chi connectivity index (χ2v) is 15.7. The maximum absolute atomic E-state index is 14.4. The van der Waals surface area contributed by atoms with Gasteiger partial charge in [-0.05, 0) is 95.7 Å². The van der Waals surface area contributed by atoms with Crippen LogP contribution in [0.25, 0.3) is 0 Å². The summed E-state index contributed by atoms with van der Waals surface area (Å²) < 4.78 is 0. The number of aliphatic hydroxyl groups is 2. The van der Waals surface area contributed by atoms with Gasteiger partial charge in [-0.15, -0.1) is 0 Å². The Morgan fingerprint density at radius 2 is 1.61 bits per heavy atom. The molecule has 0 radical (unpaired) electrons. The number of rotatable bonds is 3. The first-order valence-corrected chi connectivity index (χ1v) is 15.3. The van der Waals surface area contributed by atoms with Crippen LogP contribution >= 0.6 is 0 Å². The van der Waals surface area contributed by atoms with Crippen LogP contribution in [0, 0.1) is 80.8 Å². The third-order valence-corrected chi connectivity index (χ3v) is 14.8. The fourth-order valence-electron chi connectivity index (χ4n) is 11.9. The monoisotopic (exact) mass is 502 g/mol. The zero-order valence-electron chi connectivity index (χ0n) is 25.6. The number of hydrogen-bond donors (Lipinski definition) is 2. The van der Waals surface area contributed by atoms with Crippen molar-refractivity contribution in [3.05, 3.63) is 0 Å². The van der Waals surface area contributed by atoms with Crippen LogP contribution in [0.4, 0.5) is 0 Å². The minimum absolute atomic E-state index is 0.0151. The maximum Gasteiger partial charge on any atom is 0.145 e. The Kier molecular flexibility index (Phi) is 6.99. The molecular formula is C33H58O3. The Morgan fingerprint density at radius 3 is 2.14 bits per heavy atom. The van der Waals surface area contributed by atoms with E-state index in [9.17, 15) is 15.0 Å². The second-order valence-electron chi connectivity index (χ2n) is 15.7. The van der Waals surface area contributed by atoms with E-state index in [0.29, 0.717) is 35.5 Å². The molecule has 2 N–H and O–H groups in total. The smallest absolute Gasteiger partial charge is 0.145 e. The van der Waals surface area contributed by atoms with Gasteiger partial charge >= 0.3 is 0 Å². The van der Waals surface area contributed by atoms with Crippen LogP contribution in [-0.4, -0.2) is 28.2 Å². The standard InChI is InChI=1S/C33H58O3/c1-13-30(8,9)24-15-14-23-19(4)32(11)22(7)31(10)16-17(2)25(21(6)34)29(36)33(31,12)20(5)27(32)28(35)26(23)18(24)3/h17-28,34-35H,13-16H2,1-12H3. The molecule has 4 aliphatic carbocycles. The van der Waals surface area contributed by atoms with Crippen molar-refractivity contribution in [2.75, 3.05) is 0 Å². The summed E-state index contributed by atoms with van der Waals surface area (Å²) in [4.78, 5) is 14.4. The molecule has 0 heterocycles. The predicted molar refractivity (Wildman–Crippen MR) is 148 cm³/mol. The average molecular weight is 503 g/mol. The predicted octanol–water partition coefficient (Wildman–Crippen LogP) is 7.24. The zero-order valence-corrected chi connectivity index (χ0v) is 25.6. The van der Waals surface area contributed by atoms with Crippen molar-refractivity contribution in [2.45, 2.75) is 121 Å². The highest BCUT2D eigenvalue weighted by molar-refractivity contribution is 5.90. The highest BCUT2D eigenvalue weighted by atomic mass is 16.3. The lowest BCUT2D eigenvalue weighted by atomic mass is 9.30. The van der Waals surface area contributed by atoms with Crippen LogP contribution in [0.15, 0.2) is 0 Å². The highest BCUT2D eigenvalue weighted by Gasteiger charge is 2.74. The van der Waals surface area contributed by atoms with E-state index < -0.39 is 11.5 Å². The van der Waals surface area contributed by atoms with Crippen LogP contribution in [-0.2, 0) is 4.79 Å². The Bertz CT molecular complexity index is 863. The van der Waals surface area contributed by atoms with Gasteiger partial charge in [-0.2, -0.15) is 0 Å². The van der Waals surface area contributed by atoms with Crippen molar-refractivity contribution in [3.63, 3.8) is 0 Å². The van der Waals surface area contributed by atoms with Gasteiger partial charge in [0.05, 0.1) is 12.2 Å². The quantitative estimate of drug-likeness (QED) is 0.428. The van der Waals surface area contributed by atoms with Crippen LogP contribution in [0.3, 0.4) is 0 Å². The molecule has 208 valence electrons. The molecule has 4 aliphatic rings. The normalized spacial score (nSPS) is 56.4. The maximum atomic E-state index is 14.4. The van der Waals surface area contributed by atoms with E-state index in [2.05, 4.69) is 76.2 Å². The van der Waals surface area contributed by atoms with Gasteiger partial charge in [-0.3, -0.25) is 4.79 Å². The van der Waals surface area contributed by atoms with E-state index in [4.69, 9.17) is 0 Å². The summed E-state index contributed by atoms with van der Waals surface area (Å²) >= 11 is 0. The van der Waals surface area contributed by atoms with Crippen LogP contribution in [0.1, 0.15) is 109 Å². The summed E-state index contributed by atoms with van der Waals surface area (Å²) in [5, 5.41) is 23.1. The summed E-state index contributed by atoms with van der Waals surface area (Å²) in [7, 11) is 0. The van der Waals surface area contributed by atoms with Crippen LogP contribution in [0.2, 0.25) is 0 Å². The number of ketones is 1. The van der Waals surface area contributed by atoms with E-state index >= 15 is 0 Å². The molecule has 0 aromatic heterocycles. The molecule has 4 rings (SSSR count). The molecule has 0 aliphatic heterocycles.